The van der Waals surface area contributed by atoms with Crippen molar-refractivity contribution in [2.75, 3.05) is 18.6 Å². The monoisotopic (exact) mass is 345 g/mol. The van der Waals surface area contributed by atoms with Gasteiger partial charge in [0.05, 0.1) is 6.61 Å². The Balaban J connectivity index is 3.83. The van der Waals surface area contributed by atoms with Crippen LogP contribution in [0.4, 0.5) is 0 Å². The summed E-state index contributed by atoms with van der Waals surface area (Å²) in [6, 6.07) is -0.496. The second-order valence-corrected chi connectivity index (χ2v) is 6.86. The van der Waals surface area contributed by atoms with Crippen molar-refractivity contribution in [2.24, 2.45) is 0 Å². The second-order valence-electron chi connectivity index (χ2n) is 5.88. The van der Waals surface area contributed by atoms with E-state index in [-0.39, 0.29) is 11.9 Å². The SMILES string of the molecule is CCCCCCCCCCC(=O)N[C@@H](CCSC)C(=O)OCC. The van der Waals surface area contributed by atoms with Gasteiger partial charge in [0.2, 0.25) is 5.91 Å². The third kappa shape index (κ3) is 13.4. The third-order valence-corrected chi connectivity index (χ3v) is 4.42. The van der Waals surface area contributed by atoms with Gasteiger partial charge in [0, 0.05) is 6.42 Å². The van der Waals surface area contributed by atoms with Crippen molar-refractivity contribution in [3.63, 3.8) is 0 Å². The highest BCUT2D eigenvalue weighted by molar-refractivity contribution is 7.98. The van der Waals surface area contributed by atoms with Crippen molar-refractivity contribution in [2.45, 2.75) is 84.1 Å². The van der Waals surface area contributed by atoms with Gasteiger partial charge in [-0.1, -0.05) is 51.9 Å². The normalized spacial score (nSPS) is 12.0. The topological polar surface area (TPSA) is 55.4 Å². The minimum atomic E-state index is -0.496. The van der Waals surface area contributed by atoms with Crippen molar-refractivity contribution in [1.29, 1.82) is 0 Å². The van der Waals surface area contributed by atoms with Gasteiger partial charge in [-0.2, -0.15) is 11.8 Å². The predicted octanol–water partition coefficient (Wildman–Crippen LogP) is 4.32. The molecule has 5 heteroatoms. The molecule has 0 aromatic rings. The second kappa shape index (κ2) is 16.2. The van der Waals surface area contributed by atoms with E-state index in [1.807, 2.05) is 6.26 Å². The summed E-state index contributed by atoms with van der Waals surface area (Å²) in [5, 5.41) is 2.83. The third-order valence-electron chi connectivity index (χ3n) is 3.77. The van der Waals surface area contributed by atoms with E-state index in [0.717, 1.165) is 18.6 Å². The average Bonchev–Trinajstić information content (AvgIpc) is 2.54. The highest BCUT2D eigenvalue weighted by atomic mass is 32.2. The van der Waals surface area contributed by atoms with Crippen LogP contribution >= 0.6 is 11.8 Å². The molecule has 0 fully saturated rings. The number of hydrogen-bond donors (Lipinski definition) is 1. The first-order valence-electron chi connectivity index (χ1n) is 9.10. The Morgan fingerprint density at radius 1 is 1.00 bits per heavy atom. The van der Waals surface area contributed by atoms with Gasteiger partial charge in [0.25, 0.3) is 0 Å². The molecular weight excluding hydrogens is 310 g/mol. The van der Waals surface area contributed by atoms with Crippen molar-refractivity contribution >= 4 is 23.6 Å². The van der Waals surface area contributed by atoms with Crippen molar-refractivity contribution in [3.8, 4) is 0 Å². The Morgan fingerprint density at radius 2 is 1.61 bits per heavy atom. The van der Waals surface area contributed by atoms with Crippen LogP contribution in [-0.4, -0.2) is 36.5 Å². The number of nitrogens with one attached hydrogen (secondary N) is 1. The van der Waals surface area contributed by atoms with Crippen LogP contribution in [0.1, 0.15) is 78.1 Å². The Kier molecular flexibility index (Phi) is 15.7. The first kappa shape index (κ1) is 22.3. The lowest BCUT2D eigenvalue weighted by Crippen LogP contribution is -2.42. The molecule has 0 saturated heterocycles. The maximum atomic E-state index is 12.0. The largest absolute Gasteiger partial charge is 0.464 e. The Labute approximate surface area is 146 Å². The van der Waals surface area contributed by atoms with Crippen LogP contribution in [0.5, 0.6) is 0 Å². The van der Waals surface area contributed by atoms with Crippen LogP contribution < -0.4 is 5.32 Å². The number of carbonyl (C=O) groups is 2. The fourth-order valence-corrected chi connectivity index (χ4v) is 2.88. The van der Waals surface area contributed by atoms with Crippen molar-refractivity contribution in [1.82, 2.24) is 5.32 Å². The number of esters is 1. The molecule has 0 rings (SSSR count). The number of carbonyl (C=O) groups excluding carboxylic acids is 2. The maximum absolute atomic E-state index is 12.0. The number of ether oxygens (including phenoxy) is 1. The van der Waals surface area contributed by atoms with E-state index in [0.29, 0.717) is 19.4 Å². The van der Waals surface area contributed by atoms with Gasteiger partial charge < -0.3 is 10.1 Å². The van der Waals surface area contributed by atoms with Gasteiger partial charge in [-0.25, -0.2) is 4.79 Å². The molecule has 23 heavy (non-hydrogen) atoms. The zero-order valence-corrected chi connectivity index (χ0v) is 16.0. The van der Waals surface area contributed by atoms with E-state index in [1.54, 1.807) is 18.7 Å². The lowest BCUT2D eigenvalue weighted by atomic mass is 10.1. The van der Waals surface area contributed by atoms with Crippen molar-refractivity contribution in [3.05, 3.63) is 0 Å². The molecule has 0 aliphatic rings. The highest BCUT2D eigenvalue weighted by Gasteiger charge is 2.21. The van der Waals surface area contributed by atoms with Gasteiger partial charge in [0.1, 0.15) is 6.04 Å². The van der Waals surface area contributed by atoms with Gasteiger partial charge in [0.15, 0.2) is 0 Å². The highest BCUT2D eigenvalue weighted by Crippen LogP contribution is 2.10. The average molecular weight is 346 g/mol. The fraction of sp³-hybridized carbons (Fsp3) is 0.889. The van der Waals surface area contributed by atoms with Crippen LogP contribution in [0.3, 0.4) is 0 Å². The molecule has 1 amide bonds. The van der Waals surface area contributed by atoms with Crippen molar-refractivity contribution < 1.29 is 14.3 Å². The van der Waals surface area contributed by atoms with E-state index < -0.39 is 6.04 Å². The fourth-order valence-electron chi connectivity index (χ4n) is 2.41. The summed E-state index contributed by atoms with van der Waals surface area (Å²) in [6.45, 7) is 4.36. The quantitative estimate of drug-likeness (QED) is 0.355. The molecule has 0 unspecified atom stereocenters. The summed E-state index contributed by atoms with van der Waals surface area (Å²) < 4.78 is 5.03. The van der Waals surface area contributed by atoms with Gasteiger partial charge >= 0.3 is 5.97 Å². The van der Waals surface area contributed by atoms with E-state index >= 15 is 0 Å². The van der Waals surface area contributed by atoms with E-state index in [2.05, 4.69) is 12.2 Å². The van der Waals surface area contributed by atoms with Gasteiger partial charge in [-0.15, -0.1) is 0 Å². The maximum Gasteiger partial charge on any atom is 0.328 e. The number of thioether (sulfide) groups is 1. The lowest BCUT2D eigenvalue weighted by Gasteiger charge is -2.16. The molecule has 0 spiro atoms. The number of amides is 1. The summed E-state index contributed by atoms with van der Waals surface area (Å²) in [5.74, 6) is 0.489. The Morgan fingerprint density at radius 3 is 2.17 bits per heavy atom. The Bertz CT molecular complexity index is 311. The minimum absolute atomic E-state index is 0.0323. The zero-order chi connectivity index (χ0) is 17.3. The first-order chi connectivity index (χ1) is 11.2. The molecule has 1 N–H and O–H groups in total. The van der Waals surface area contributed by atoms with E-state index in [4.69, 9.17) is 4.74 Å². The number of hydrogen-bond acceptors (Lipinski definition) is 4. The van der Waals surface area contributed by atoms with Gasteiger partial charge in [-0.3, -0.25) is 4.79 Å². The van der Waals surface area contributed by atoms with Crippen LogP contribution in [0, 0.1) is 0 Å². The molecule has 0 radical (unpaired) electrons. The summed E-state index contributed by atoms with van der Waals surface area (Å²) in [7, 11) is 0. The summed E-state index contributed by atoms with van der Waals surface area (Å²) in [4.78, 5) is 23.8. The van der Waals surface area contributed by atoms with E-state index in [1.165, 1.54) is 38.5 Å². The predicted molar refractivity (Wildman–Crippen MR) is 98.8 cm³/mol. The molecule has 0 aromatic heterocycles. The lowest BCUT2D eigenvalue weighted by molar-refractivity contribution is -0.147. The molecule has 0 saturated carbocycles. The number of unbranched alkanes of at least 4 members (excludes halogenated alkanes) is 7. The summed E-state index contributed by atoms with van der Waals surface area (Å²) in [5.41, 5.74) is 0. The zero-order valence-electron chi connectivity index (χ0n) is 15.2. The molecule has 0 heterocycles. The minimum Gasteiger partial charge on any atom is -0.464 e. The number of rotatable bonds is 15. The summed E-state index contributed by atoms with van der Waals surface area (Å²) >= 11 is 1.67. The molecule has 136 valence electrons. The summed E-state index contributed by atoms with van der Waals surface area (Å²) in [6.07, 6.45) is 12.8. The van der Waals surface area contributed by atoms with Gasteiger partial charge in [-0.05, 0) is 31.8 Å². The van der Waals surface area contributed by atoms with Crippen LogP contribution in [0.15, 0.2) is 0 Å². The molecule has 1 atom stereocenters. The van der Waals surface area contributed by atoms with Crippen LogP contribution in [0.25, 0.3) is 0 Å². The first-order valence-corrected chi connectivity index (χ1v) is 10.5. The Hall–Kier alpha value is -0.710. The van der Waals surface area contributed by atoms with Crippen LogP contribution in [0.2, 0.25) is 0 Å². The van der Waals surface area contributed by atoms with E-state index in [9.17, 15) is 9.59 Å². The molecule has 4 nitrogen and oxygen atoms in total. The molecular formula is C18H35NO3S. The standard InChI is InChI=1S/C18H35NO3S/c1-4-6-7-8-9-10-11-12-13-17(20)19-16(14-15-23-3)18(21)22-5-2/h16H,4-15H2,1-3H3,(H,19,20)/t16-/m0/s1. The molecule has 0 aliphatic heterocycles. The smallest absolute Gasteiger partial charge is 0.328 e. The molecule has 0 bridgehead atoms. The molecule has 0 aromatic carbocycles. The molecule has 0 aliphatic carbocycles. The van der Waals surface area contributed by atoms with Crippen LogP contribution in [-0.2, 0) is 14.3 Å².